The van der Waals surface area contributed by atoms with Gasteiger partial charge in [0.2, 0.25) is 5.91 Å². The van der Waals surface area contributed by atoms with Crippen LogP contribution in [0.2, 0.25) is 0 Å². The first-order chi connectivity index (χ1) is 7.47. The van der Waals surface area contributed by atoms with Crippen LogP contribution in [0.15, 0.2) is 18.5 Å². The second kappa shape index (κ2) is 5.30. The zero-order chi connectivity index (χ0) is 12.2. The number of nitrogens with one attached hydrogen (secondary N) is 1. The van der Waals surface area contributed by atoms with Crippen LogP contribution in [0.1, 0.15) is 25.0 Å². The summed E-state index contributed by atoms with van der Waals surface area (Å²) in [5, 5.41) is 2.88. The van der Waals surface area contributed by atoms with Gasteiger partial charge in [0.1, 0.15) is 0 Å². The molecule has 0 bridgehead atoms. The van der Waals surface area contributed by atoms with E-state index in [9.17, 15) is 4.79 Å². The molecule has 0 saturated carbocycles. The van der Waals surface area contributed by atoms with Crippen molar-refractivity contribution in [3.8, 4) is 0 Å². The van der Waals surface area contributed by atoms with Gasteiger partial charge in [-0.2, -0.15) is 0 Å². The fraction of sp³-hybridized carbons (Fsp3) is 0.500. The number of aromatic nitrogens is 1. The van der Waals surface area contributed by atoms with Crippen LogP contribution in [0, 0.1) is 12.3 Å². The lowest BCUT2D eigenvalue weighted by molar-refractivity contribution is -0.128. The molecular formula is C12H17ClN2O. The molecule has 0 aliphatic heterocycles. The second-order valence-electron chi connectivity index (χ2n) is 4.50. The zero-order valence-electron chi connectivity index (χ0n) is 9.88. The molecular weight excluding hydrogens is 224 g/mol. The standard InChI is InChI=1S/C12H17ClN2O/c1-9-6-14-5-4-10(9)7-15-11(16)12(2,3)8-13/h4-6H,7-8H2,1-3H3,(H,15,16). The number of aryl methyl sites for hydroxylation is 1. The first-order valence-electron chi connectivity index (χ1n) is 5.21. The molecule has 0 aromatic carbocycles. The topological polar surface area (TPSA) is 42.0 Å². The number of carbonyl (C=O) groups excluding carboxylic acids is 1. The van der Waals surface area contributed by atoms with Gasteiger partial charge in [0, 0.05) is 24.8 Å². The molecule has 88 valence electrons. The Balaban J connectivity index is 2.59. The Morgan fingerprint density at radius 2 is 2.25 bits per heavy atom. The average Bonchev–Trinajstić information content (AvgIpc) is 2.27. The highest BCUT2D eigenvalue weighted by Crippen LogP contribution is 2.17. The summed E-state index contributed by atoms with van der Waals surface area (Å²) in [5.41, 5.74) is 1.63. The fourth-order valence-corrected chi connectivity index (χ4v) is 1.30. The van der Waals surface area contributed by atoms with E-state index < -0.39 is 5.41 Å². The maximum absolute atomic E-state index is 11.8. The van der Waals surface area contributed by atoms with Crippen molar-refractivity contribution in [1.29, 1.82) is 0 Å². The molecule has 1 aromatic rings. The van der Waals surface area contributed by atoms with E-state index in [-0.39, 0.29) is 5.91 Å². The van der Waals surface area contributed by atoms with Crippen LogP contribution in [-0.2, 0) is 11.3 Å². The van der Waals surface area contributed by atoms with Gasteiger partial charge in [0.05, 0.1) is 5.41 Å². The van der Waals surface area contributed by atoms with Crippen LogP contribution in [-0.4, -0.2) is 16.8 Å². The molecule has 1 N–H and O–H groups in total. The van der Waals surface area contributed by atoms with E-state index in [2.05, 4.69) is 10.3 Å². The molecule has 0 unspecified atom stereocenters. The molecule has 16 heavy (non-hydrogen) atoms. The highest BCUT2D eigenvalue weighted by atomic mass is 35.5. The molecule has 0 spiro atoms. The third-order valence-electron chi connectivity index (χ3n) is 2.52. The van der Waals surface area contributed by atoms with E-state index >= 15 is 0 Å². The number of rotatable bonds is 4. The smallest absolute Gasteiger partial charge is 0.227 e. The maximum Gasteiger partial charge on any atom is 0.227 e. The predicted octanol–water partition coefficient (Wildman–Crippen LogP) is 2.27. The van der Waals surface area contributed by atoms with Gasteiger partial charge in [-0.15, -0.1) is 11.6 Å². The van der Waals surface area contributed by atoms with Gasteiger partial charge in [-0.3, -0.25) is 9.78 Å². The summed E-state index contributed by atoms with van der Waals surface area (Å²) in [6.45, 7) is 6.15. The van der Waals surface area contributed by atoms with Crippen LogP contribution in [0.3, 0.4) is 0 Å². The predicted molar refractivity (Wildman–Crippen MR) is 65.3 cm³/mol. The Morgan fingerprint density at radius 1 is 1.56 bits per heavy atom. The SMILES string of the molecule is Cc1cnccc1CNC(=O)C(C)(C)CCl. The fourth-order valence-electron chi connectivity index (χ4n) is 1.18. The molecule has 0 aliphatic carbocycles. The van der Waals surface area contributed by atoms with Crippen molar-refractivity contribution in [3.05, 3.63) is 29.6 Å². The molecule has 1 amide bonds. The van der Waals surface area contributed by atoms with Crippen LogP contribution in [0.5, 0.6) is 0 Å². The number of pyridine rings is 1. The van der Waals surface area contributed by atoms with Gasteiger partial charge < -0.3 is 5.32 Å². The van der Waals surface area contributed by atoms with Crippen molar-refractivity contribution < 1.29 is 4.79 Å². The molecule has 0 atom stereocenters. The van der Waals surface area contributed by atoms with Crippen molar-refractivity contribution in [3.63, 3.8) is 0 Å². The van der Waals surface area contributed by atoms with Crippen molar-refractivity contribution >= 4 is 17.5 Å². The average molecular weight is 241 g/mol. The Hall–Kier alpha value is -1.09. The lowest BCUT2D eigenvalue weighted by Gasteiger charge is -2.20. The summed E-state index contributed by atoms with van der Waals surface area (Å²) in [6, 6.07) is 1.91. The summed E-state index contributed by atoms with van der Waals surface area (Å²) in [7, 11) is 0. The third-order valence-corrected chi connectivity index (χ3v) is 3.19. The van der Waals surface area contributed by atoms with Crippen molar-refractivity contribution in [2.45, 2.75) is 27.3 Å². The monoisotopic (exact) mass is 240 g/mol. The minimum absolute atomic E-state index is 0.0290. The second-order valence-corrected chi connectivity index (χ2v) is 4.77. The number of alkyl halides is 1. The highest BCUT2D eigenvalue weighted by molar-refractivity contribution is 6.19. The van der Waals surface area contributed by atoms with Crippen LogP contribution in [0.25, 0.3) is 0 Å². The van der Waals surface area contributed by atoms with Gasteiger partial charge in [-0.1, -0.05) is 0 Å². The molecule has 0 saturated heterocycles. The first kappa shape index (κ1) is 13.0. The van der Waals surface area contributed by atoms with Crippen LogP contribution in [0.4, 0.5) is 0 Å². The van der Waals surface area contributed by atoms with E-state index in [1.807, 2.05) is 26.8 Å². The number of amides is 1. The molecule has 1 heterocycles. The van der Waals surface area contributed by atoms with Gasteiger partial charge >= 0.3 is 0 Å². The molecule has 0 aliphatic rings. The number of carbonyl (C=O) groups is 1. The van der Waals surface area contributed by atoms with Crippen LogP contribution >= 0.6 is 11.6 Å². The number of halogens is 1. The molecule has 0 radical (unpaired) electrons. The summed E-state index contributed by atoms with van der Waals surface area (Å²) >= 11 is 5.73. The van der Waals surface area contributed by atoms with E-state index in [4.69, 9.17) is 11.6 Å². The van der Waals surface area contributed by atoms with Crippen molar-refractivity contribution in [2.24, 2.45) is 5.41 Å². The van der Waals surface area contributed by atoms with Gasteiger partial charge in [0.25, 0.3) is 0 Å². The van der Waals surface area contributed by atoms with Gasteiger partial charge in [-0.25, -0.2) is 0 Å². The Kier molecular flexibility index (Phi) is 4.30. The lowest BCUT2D eigenvalue weighted by atomic mass is 9.95. The number of hydrogen-bond donors (Lipinski definition) is 1. The molecule has 4 heteroatoms. The van der Waals surface area contributed by atoms with Gasteiger partial charge in [0.15, 0.2) is 0 Å². The summed E-state index contributed by atoms with van der Waals surface area (Å²) in [6.07, 6.45) is 3.51. The van der Waals surface area contributed by atoms with Crippen LogP contribution < -0.4 is 5.32 Å². The van der Waals surface area contributed by atoms with E-state index in [1.165, 1.54) is 0 Å². The van der Waals surface area contributed by atoms with Crippen molar-refractivity contribution in [2.75, 3.05) is 5.88 Å². The Labute approximate surface area is 101 Å². The van der Waals surface area contributed by atoms with Gasteiger partial charge in [-0.05, 0) is 38.0 Å². The quantitative estimate of drug-likeness (QED) is 0.821. The van der Waals surface area contributed by atoms with E-state index in [0.29, 0.717) is 12.4 Å². The minimum atomic E-state index is -0.525. The third kappa shape index (κ3) is 3.20. The zero-order valence-corrected chi connectivity index (χ0v) is 10.6. The van der Waals surface area contributed by atoms with E-state index in [1.54, 1.807) is 12.4 Å². The Bertz CT molecular complexity index is 377. The lowest BCUT2D eigenvalue weighted by Crippen LogP contribution is -2.37. The molecule has 1 aromatic heterocycles. The summed E-state index contributed by atoms with van der Waals surface area (Å²) in [4.78, 5) is 15.8. The molecule has 3 nitrogen and oxygen atoms in total. The molecule has 1 rings (SSSR count). The summed E-state index contributed by atoms with van der Waals surface area (Å²) < 4.78 is 0. The molecule has 0 fully saturated rings. The number of nitrogens with zero attached hydrogens (tertiary/aromatic N) is 1. The maximum atomic E-state index is 11.8. The van der Waals surface area contributed by atoms with E-state index in [0.717, 1.165) is 11.1 Å². The Morgan fingerprint density at radius 3 is 2.81 bits per heavy atom. The normalized spacial score (nSPS) is 11.2. The first-order valence-corrected chi connectivity index (χ1v) is 5.74. The number of hydrogen-bond acceptors (Lipinski definition) is 2. The van der Waals surface area contributed by atoms with Crippen molar-refractivity contribution in [1.82, 2.24) is 10.3 Å². The minimum Gasteiger partial charge on any atom is -0.352 e. The summed E-state index contributed by atoms with van der Waals surface area (Å²) in [5.74, 6) is 0.285. The largest absolute Gasteiger partial charge is 0.352 e. The highest BCUT2D eigenvalue weighted by Gasteiger charge is 2.25.